The molecule has 1 fully saturated rings. The van der Waals surface area contributed by atoms with Crippen LogP contribution in [0.1, 0.15) is 81.1 Å². The number of rotatable bonds is 10. The van der Waals surface area contributed by atoms with Gasteiger partial charge in [-0.1, -0.05) is 29.8 Å². The molecule has 6 heteroatoms. The molecule has 1 heterocycles. The number of carboxylic acids is 1. The molecule has 5 nitrogen and oxygen atoms in total. The SMILES string of the molecule is Cc1cc(Cl)ccc1-c1ccc(C(CCCC(=O)O)CCN2C(=O)CC[C@@H]2C)c(C(C)O)c1. The smallest absolute Gasteiger partial charge is 0.303 e. The van der Waals surface area contributed by atoms with Gasteiger partial charge in [-0.05, 0) is 98.4 Å². The molecule has 1 saturated heterocycles. The highest BCUT2D eigenvalue weighted by Crippen LogP contribution is 2.36. The monoisotopic (exact) mass is 471 g/mol. The zero-order valence-electron chi connectivity index (χ0n) is 19.7. The van der Waals surface area contributed by atoms with E-state index in [9.17, 15) is 14.7 Å². The van der Waals surface area contributed by atoms with Crippen molar-refractivity contribution >= 4 is 23.5 Å². The van der Waals surface area contributed by atoms with Crippen molar-refractivity contribution in [2.24, 2.45) is 0 Å². The average molecular weight is 472 g/mol. The fraction of sp³-hybridized carbons (Fsp3) is 0.481. The zero-order valence-corrected chi connectivity index (χ0v) is 20.4. The third kappa shape index (κ3) is 6.36. The first kappa shape index (κ1) is 25.3. The number of nitrogens with zero attached hydrogens (tertiary/aromatic N) is 1. The lowest BCUT2D eigenvalue weighted by molar-refractivity contribution is -0.137. The van der Waals surface area contributed by atoms with Crippen molar-refractivity contribution in [3.8, 4) is 11.1 Å². The largest absolute Gasteiger partial charge is 0.481 e. The Bertz CT molecular complexity index is 1000. The number of aliphatic hydroxyl groups is 1. The maximum absolute atomic E-state index is 12.3. The van der Waals surface area contributed by atoms with Crippen LogP contribution in [0.2, 0.25) is 5.02 Å². The van der Waals surface area contributed by atoms with Gasteiger partial charge in [0.1, 0.15) is 0 Å². The molecular formula is C27H34ClNO4. The Hall–Kier alpha value is -2.37. The molecular weight excluding hydrogens is 438 g/mol. The number of amides is 1. The molecule has 3 atom stereocenters. The highest BCUT2D eigenvalue weighted by Gasteiger charge is 2.28. The minimum Gasteiger partial charge on any atom is -0.481 e. The van der Waals surface area contributed by atoms with Crippen LogP contribution in [-0.4, -0.2) is 39.6 Å². The molecule has 0 saturated carbocycles. The van der Waals surface area contributed by atoms with E-state index < -0.39 is 12.1 Å². The molecule has 2 aromatic carbocycles. The lowest BCUT2D eigenvalue weighted by Crippen LogP contribution is -2.32. The number of benzene rings is 2. The molecule has 2 N–H and O–H groups in total. The maximum Gasteiger partial charge on any atom is 0.303 e. The van der Waals surface area contributed by atoms with Crippen LogP contribution < -0.4 is 0 Å². The number of aliphatic hydroxyl groups excluding tert-OH is 1. The van der Waals surface area contributed by atoms with E-state index in [2.05, 4.69) is 19.1 Å². The van der Waals surface area contributed by atoms with Crippen LogP contribution >= 0.6 is 11.6 Å². The second kappa shape index (κ2) is 11.2. The number of carbonyl (C=O) groups is 2. The van der Waals surface area contributed by atoms with Crippen LogP contribution in [0.4, 0.5) is 0 Å². The van der Waals surface area contributed by atoms with Gasteiger partial charge >= 0.3 is 5.97 Å². The van der Waals surface area contributed by atoms with Gasteiger partial charge in [0.25, 0.3) is 0 Å². The van der Waals surface area contributed by atoms with E-state index in [4.69, 9.17) is 16.7 Å². The summed E-state index contributed by atoms with van der Waals surface area (Å²) in [7, 11) is 0. The Morgan fingerprint density at radius 2 is 1.94 bits per heavy atom. The molecule has 0 bridgehead atoms. The molecule has 1 aliphatic rings. The normalized spacial score (nSPS) is 17.9. The summed E-state index contributed by atoms with van der Waals surface area (Å²) in [5, 5.41) is 20.4. The molecule has 178 valence electrons. The second-order valence-corrected chi connectivity index (χ2v) is 9.66. The molecule has 0 aliphatic carbocycles. The quantitative estimate of drug-likeness (QED) is 0.438. The first-order valence-corrected chi connectivity index (χ1v) is 12.1. The first-order valence-electron chi connectivity index (χ1n) is 11.8. The number of likely N-dealkylation sites (tertiary alicyclic amines) is 1. The first-order chi connectivity index (χ1) is 15.7. The van der Waals surface area contributed by atoms with Crippen molar-refractivity contribution in [1.29, 1.82) is 0 Å². The van der Waals surface area contributed by atoms with Crippen molar-refractivity contribution in [3.05, 3.63) is 58.1 Å². The number of halogens is 1. The van der Waals surface area contributed by atoms with E-state index in [1.807, 2.05) is 36.1 Å². The van der Waals surface area contributed by atoms with Crippen molar-refractivity contribution in [2.75, 3.05) is 6.54 Å². The molecule has 0 aromatic heterocycles. The van der Waals surface area contributed by atoms with Crippen LogP contribution in [0.5, 0.6) is 0 Å². The van der Waals surface area contributed by atoms with Gasteiger partial charge in [0.05, 0.1) is 6.10 Å². The Morgan fingerprint density at radius 3 is 2.55 bits per heavy atom. The number of hydrogen-bond donors (Lipinski definition) is 2. The third-order valence-electron chi connectivity index (χ3n) is 6.77. The minimum absolute atomic E-state index is 0.0647. The number of hydrogen-bond acceptors (Lipinski definition) is 3. The third-order valence-corrected chi connectivity index (χ3v) is 7.00. The lowest BCUT2D eigenvalue weighted by atomic mass is 9.84. The highest BCUT2D eigenvalue weighted by atomic mass is 35.5. The van der Waals surface area contributed by atoms with Gasteiger partial charge in [-0.3, -0.25) is 9.59 Å². The molecule has 3 rings (SSSR count). The summed E-state index contributed by atoms with van der Waals surface area (Å²) in [4.78, 5) is 25.3. The Morgan fingerprint density at radius 1 is 1.18 bits per heavy atom. The molecule has 0 radical (unpaired) electrons. The summed E-state index contributed by atoms with van der Waals surface area (Å²) in [6, 6.07) is 12.2. The lowest BCUT2D eigenvalue weighted by Gasteiger charge is -2.27. The number of carboxylic acid groups (broad SMARTS) is 1. The summed E-state index contributed by atoms with van der Waals surface area (Å²) >= 11 is 6.12. The highest BCUT2D eigenvalue weighted by molar-refractivity contribution is 6.30. The van der Waals surface area contributed by atoms with Crippen molar-refractivity contribution in [2.45, 2.75) is 77.4 Å². The van der Waals surface area contributed by atoms with Crippen LogP contribution in [0.3, 0.4) is 0 Å². The van der Waals surface area contributed by atoms with Gasteiger partial charge in [0.15, 0.2) is 0 Å². The molecule has 2 unspecified atom stereocenters. The van der Waals surface area contributed by atoms with Gasteiger partial charge in [-0.15, -0.1) is 0 Å². The van der Waals surface area contributed by atoms with E-state index in [1.54, 1.807) is 6.92 Å². The van der Waals surface area contributed by atoms with Crippen LogP contribution in [0, 0.1) is 6.92 Å². The van der Waals surface area contributed by atoms with Crippen LogP contribution in [0.25, 0.3) is 11.1 Å². The summed E-state index contributed by atoms with van der Waals surface area (Å²) in [5.41, 5.74) is 5.02. The molecule has 33 heavy (non-hydrogen) atoms. The van der Waals surface area contributed by atoms with Gasteiger partial charge in [-0.2, -0.15) is 0 Å². The van der Waals surface area contributed by atoms with E-state index in [-0.39, 0.29) is 24.3 Å². The standard InChI is InChI=1S/C27H34ClNO4/c1-17-15-22(28)9-11-23(17)21-8-10-24(25(16-21)19(3)30)20(5-4-6-27(32)33)13-14-29-18(2)7-12-26(29)31/h8-11,15-16,18-20,30H,4-7,12-14H2,1-3H3,(H,32,33)/t18-,19?,20?/m0/s1. The zero-order chi connectivity index (χ0) is 24.1. The Kier molecular flexibility index (Phi) is 8.55. The predicted molar refractivity (Wildman–Crippen MR) is 132 cm³/mol. The summed E-state index contributed by atoms with van der Waals surface area (Å²) < 4.78 is 0. The maximum atomic E-state index is 12.3. The van der Waals surface area contributed by atoms with Crippen LogP contribution in [-0.2, 0) is 9.59 Å². The van der Waals surface area contributed by atoms with Crippen LogP contribution in [0.15, 0.2) is 36.4 Å². The summed E-state index contributed by atoms with van der Waals surface area (Å²) in [6.45, 7) is 6.50. The number of aryl methyl sites for hydroxylation is 1. The van der Waals surface area contributed by atoms with E-state index >= 15 is 0 Å². The predicted octanol–water partition coefficient (Wildman–Crippen LogP) is 6.11. The molecule has 0 spiro atoms. The topological polar surface area (TPSA) is 77.8 Å². The molecule has 1 aliphatic heterocycles. The van der Waals surface area contributed by atoms with Gasteiger partial charge in [0, 0.05) is 30.5 Å². The minimum atomic E-state index is -0.804. The Labute approximate surface area is 201 Å². The van der Waals surface area contributed by atoms with Crippen molar-refractivity contribution in [3.63, 3.8) is 0 Å². The van der Waals surface area contributed by atoms with E-state index in [1.165, 1.54) is 0 Å². The van der Waals surface area contributed by atoms with E-state index in [0.717, 1.165) is 40.7 Å². The van der Waals surface area contributed by atoms with Gasteiger partial charge < -0.3 is 15.1 Å². The summed E-state index contributed by atoms with van der Waals surface area (Å²) in [5.74, 6) is -0.549. The molecule has 1 amide bonds. The molecule has 2 aromatic rings. The average Bonchev–Trinajstić information content (AvgIpc) is 3.07. The second-order valence-electron chi connectivity index (χ2n) is 9.23. The number of aliphatic carboxylic acids is 1. The van der Waals surface area contributed by atoms with Crippen molar-refractivity contribution in [1.82, 2.24) is 4.90 Å². The Balaban J connectivity index is 1.91. The van der Waals surface area contributed by atoms with Crippen molar-refractivity contribution < 1.29 is 19.8 Å². The van der Waals surface area contributed by atoms with E-state index in [0.29, 0.717) is 30.8 Å². The fourth-order valence-electron chi connectivity index (χ4n) is 4.90. The fourth-order valence-corrected chi connectivity index (χ4v) is 5.13. The van der Waals surface area contributed by atoms with Gasteiger partial charge in [0.2, 0.25) is 5.91 Å². The van der Waals surface area contributed by atoms with Gasteiger partial charge in [-0.25, -0.2) is 0 Å². The summed E-state index contributed by atoms with van der Waals surface area (Å²) in [6.07, 6.45) is 2.93. The number of carbonyl (C=O) groups excluding carboxylic acids is 1.